The van der Waals surface area contributed by atoms with Gasteiger partial charge in [-0.3, -0.25) is 9.78 Å². The number of methoxy groups -OCH3 is 1. The highest BCUT2D eigenvalue weighted by Gasteiger charge is 2.10. The first kappa shape index (κ1) is 11.0. The minimum absolute atomic E-state index is 0.0738. The molecule has 4 heteroatoms. The lowest BCUT2D eigenvalue weighted by Gasteiger charge is -2.08. The second-order valence-electron chi connectivity index (χ2n) is 3.44. The Balaban J connectivity index is 2.69. The Labute approximate surface area is 98.1 Å². The molecule has 2 aromatic rings. The van der Waals surface area contributed by atoms with Gasteiger partial charge < -0.3 is 4.74 Å². The van der Waals surface area contributed by atoms with Gasteiger partial charge in [-0.05, 0) is 11.6 Å². The Bertz CT molecular complexity index is 624. The van der Waals surface area contributed by atoms with E-state index in [9.17, 15) is 4.79 Å². The van der Waals surface area contributed by atoms with E-state index in [-0.39, 0.29) is 5.56 Å². The predicted molar refractivity (Wildman–Crippen MR) is 63.8 cm³/mol. The number of hydrogen-bond donors (Lipinski definition) is 1. The van der Waals surface area contributed by atoms with Crippen LogP contribution in [0.2, 0.25) is 0 Å². The number of hydrogen-bond acceptors (Lipinski definition) is 3. The molecule has 84 valence electrons. The van der Waals surface area contributed by atoms with Crippen LogP contribution in [0.15, 0.2) is 41.2 Å². The lowest BCUT2D eigenvalue weighted by molar-refractivity contribution is 0.398. The summed E-state index contributed by atoms with van der Waals surface area (Å²) < 4.78 is 5.12. The molecule has 0 aliphatic heterocycles. The molecule has 0 fully saturated rings. The van der Waals surface area contributed by atoms with Crippen molar-refractivity contribution in [3.05, 3.63) is 52.3 Å². The third-order valence-electron chi connectivity index (χ3n) is 2.41. The van der Waals surface area contributed by atoms with Crippen molar-refractivity contribution in [1.82, 2.24) is 4.98 Å². The Morgan fingerprint density at radius 2 is 2.00 bits per heavy atom. The van der Waals surface area contributed by atoms with E-state index in [1.165, 1.54) is 13.2 Å². The zero-order valence-electron chi connectivity index (χ0n) is 9.23. The van der Waals surface area contributed by atoms with E-state index in [0.717, 1.165) is 5.56 Å². The zero-order valence-corrected chi connectivity index (χ0v) is 9.23. The van der Waals surface area contributed by atoms with Crippen LogP contribution in [0, 0.1) is 11.3 Å². The van der Waals surface area contributed by atoms with Crippen LogP contribution >= 0.6 is 0 Å². The largest absolute Gasteiger partial charge is 0.482 e. The average molecular weight is 226 g/mol. The molecule has 1 aromatic heterocycles. The number of nitriles is 1. The molecular weight excluding hydrogens is 216 g/mol. The van der Waals surface area contributed by atoms with Crippen LogP contribution in [-0.4, -0.2) is 12.1 Å². The summed E-state index contributed by atoms with van der Waals surface area (Å²) in [6.07, 6.45) is 0. The fourth-order valence-electron chi connectivity index (χ4n) is 1.59. The summed E-state index contributed by atoms with van der Waals surface area (Å²) in [6.45, 7) is 0. The van der Waals surface area contributed by atoms with Crippen LogP contribution in [-0.2, 0) is 0 Å². The summed E-state index contributed by atoms with van der Waals surface area (Å²) in [5, 5.41) is 8.84. The molecule has 0 aliphatic carbocycles. The molecule has 0 unspecified atom stereocenters. The molecular formula is C13H10N2O2. The normalized spacial score (nSPS) is 9.65. The zero-order chi connectivity index (χ0) is 12.3. The van der Waals surface area contributed by atoms with Crippen molar-refractivity contribution in [3.8, 4) is 23.1 Å². The molecule has 0 saturated carbocycles. The van der Waals surface area contributed by atoms with Gasteiger partial charge in [-0.1, -0.05) is 30.3 Å². The highest BCUT2D eigenvalue weighted by Crippen LogP contribution is 2.26. The number of benzene rings is 1. The van der Waals surface area contributed by atoms with Gasteiger partial charge in [-0.25, -0.2) is 0 Å². The lowest BCUT2D eigenvalue weighted by Crippen LogP contribution is -2.11. The molecule has 0 radical (unpaired) electrons. The number of nitrogens with zero attached hydrogens (tertiary/aromatic N) is 1. The van der Waals surface area contributed by atoms with Crippen molar-refractivity contribution < 1.29 is 4.74 Å². The van der Waals surface area contributed by atoms with E-state index >= 15 is 0 Å². The quantitative estimate of drug-likeness (QED) is 0.850. The van der Waals surface area contributed by atoms with Crippen molar-refractivity contribution in [1.29, 1.82) is 5.26 Å². The van der Waals surface area contributed by atoms with Crippen LogP contribution in [0.1, 0.15) is 5.56 Å². The van der Waals surface area contributed by atoms with Crippen molar-refractivity contribution in [2.24, 2.45) is 0 Å². The Morgan fingerprint density at radius 1 is 1.29 bits per heavy atom. The second-order valence-corrected chi connectivity index (χ2v) is 3.44. The van der Waals surface area contributed by atoms with Crippen LogP contribution in [0.4, 0.5) is 0 Å². The van der Waals surface area contributed by atoms with Crippen LogP contribution in [0.25, 0.3) is 11.1 Å². The Kier molecular flexibility index (Phi) is 2.93. The third-order valence-corrected chi connectivity index (χ3v) is 2.41. The minimum Gasteiger partial charge on any atom is -0.482 e. The summed E-state index contributed by atoms with van der Waals surface area (Å²) in [6, 6.07) is 12.8. The second kappa shape index (κ2) is 4.54. The smallest absolute Gasteiger partial charge is 0.268 e. The van der Waals surface area contributed by atoms with Crippen molar-refractivity contribution in [2.45, 2.75) is 0 Å². The van der Waals surface area contributed by atoms with Gasteiger partial charge >= 0.3 is 0 Å². The number of aromatic amines is 1. The maximum Gasteiger partial charge on any atom is 0.268 e. The van der Waals surface area contributed by atoms with E-state index in [0.29, 0.717) is 11.4 Å². The summed E-state index contributed by atoms with van der Waals surface area (Å²) in [7, 11) is 1.48. The van der Waals surface area contributed by atoms with Gasteiger partial charge in [0.1, 0.15) is 11.6 Å². The fourth-order valence-corrected chi connectivity index (χ4v) is 1.59. The monoisotopic (exact) mass is 226 g/mol. The Hall–Kier alpha value is -2.54. The van der Waals surface area contributed by atoms with Crippen LogP contribution in [0.5, 0.6) is 5.88 Å². The summed E-state index contributed by atoms with van der Waals surface area (Å²) in [5.41, 5.74) is 1.22. The number of aromatic nitrogens is 1. The van der Waals surface area contributed by atoms with E-state index in [2.05, 4.69) is 4.98 Å². The van der Waals surface area contributed by atoms with E-state index in [1.807, 2.05) is 36.4 Å². The van der Waals surface area contributed by atoms with Gasteiger partial charge in [0.05, 0.1) is 7.11 Å². The number of rotatable bonds is 2. The number of nitrogens with one attached hydrogen (secondary N) is 1. The molecule has 1 heterocycles. The van der Waals surface area contributed by atoms with E-state index in [4.69, 9.17) is 10.00 Å². The standard InChI is InChI=1S/C13H10N2O2/c1-17-13-11(9-5-3-2-4-6-9)7-10(8-14)12(16)15-13/h2-7H,1H3,(H,15,16). The SMILES string of the molecule is COc1[nH]c(=O)c(C#N)cc1-c1ccccc1. The lowest BCUT2D eigenvalue weighted by atomic mass is 10.1. The predicted octanol–water partition coefficient (Wildman–Crippen LogP) is 1.92. The van der Waals surface area contributed by atoms with Crippen LogP contribution in [0.3, 0.4) is 0 Å². The highest BCUT2D eigenvalue weighted by molar-refractivity contribution is 5.69. The number of H-pyrrole nitrogens is 1. The molecule has 0 atom stereocenters. The first-order chi connectivity index (χ1) is 8.26. The Morgan fingerprint density at radius 3 is 2.59 bits per heavy atom. The van der Waals surface area contributed by atoms with Gasteiger partial charge in [-0.15, -0.1) is 0 Å². The first-order valence-electron chi connectivity index (χ1n) is 5.03. The molecule has 0 aliphatic rings. The maximum absolute atomic E-state index is 11.5. The molecule has 0 bridgehead atoms. The fraction of sp³-hybridized carbons (Fsp3) is 0.0769. The highest BCUT2D eigenvalue weighted by atomic mass is 16.5. The van der Waals surface area contributed by atoms with E-state index < -0.39 is 5.56 Å². The van der Waals surface area contributed by atoms with Gasteiger partial charge in [0.2, 0.25) is 5.88 Å². The summed E-state index contributed by atoms with van der Waals surface area (Å²) >= 11 is 0. The third kappa shape index (κ3) is 2.04. The van der Waals surface area contributed by atoms with Gasteiger partial charge in [0, 0.05) is 5.56 Å². The first-order valence-corrected chi connectivity index (χ1v) is 5.03. The maximum atomic E-state index is 11.5. The molecule has 0 saturated heterocycles. The summed E-state index contributed by atoms with van der Waals surface area (Å²) in [4.78, 5) is 14.0. The molecule has 1 N–H and O–H groups in total. The molecule has 1 aromatic carbocycles. The molecule has 2 rings (SSSR count). The van der Waals surface area contributed by atoms with Gasteiger partial charge in [-0.2, -0.15) is 5.26 Å². The summed E-state index contributed by atoms with van der Waals surface area (Å²) in [5.74, 6) is 0.361. The van der Waals surface area contributed by atoms with Gasteiger partial charge in [0.25, 0.3) is 5.56 Å². The molecule has 17 heavy (non-hydrogen) atoms. The molecule has 0 spiro atoms. The number of pyridine rings is 1. The molecule has 4 nitrogen and oxygen atoms in total. The number of ether oxygens (including phenoxy) is 1. The van der Waals surface area contributed by atoms with Crippen LogP contribution < -0.4 is 10.3 Å². The van der Waals surface area contributed by atoms with E-state index in [1.54, 1.807) is 0 Å². The van der Waals surface area contributed by atoms with Gasteiger partial charge in [0.15, 0.2) is 0 Å². The van der Waals surface area contributed by atoms with Crippen molar-refractivity contribution in [3.63, 3.8) is 0 Å². The topological polar surface area (TPSA) is 65.9 Å². The van der Waals surface area contributed by atoms with Crippen molar-refractivity contribution >= 4 is 0 Å². The molecule has 0 amide bonds. The average Bonchev–Trinajstić information content (AvgIpc) is 2.39. The minimum atomic E-state index is -0.441. The van der Waals surface area contributed by atoms with Crippen molar-refractivity contribution in [2.75, 3.05) is 7.11 Å².